The first-order valence-electron chi connectivity index (χ1n) is 15.8. The van der Waals surface area contributed by atoms with Gasteiger partial charge in [-0.25, -0.2) is 8.42 Å². The van der Waals surface area contributed by atoms with Gasteiger partial charge in [-0.1, -0.05) is 103 Å². The molecule has 1 aliphatic rings. The Hall–Kier alpha value is -3.85. The maximum absolute atomic E-state index is 14.6. The largest absolute Gasteiger partial charge is 0.352 e. The number of carbonyl (C=O) groups is 2. The van der Waals surface area contributed by atoms with Crippen LogP contribution < -0.4 is 9.62 Å². The second-order valence-electron chi connectivity index (χ2n) is 12.0. The highest BCUT2D eigenvalue weighted by Crippen LogP contribution is 2.27. The quantitative estimate of drug-likeness (QED) is 0.166. The van der Waals surface area contributed by atoms with E-state index in [4.69, 9.17) is 23.2 Å². The van der Waals surface area contributed by atoms with E-state index in [1.165, 1.54) is 17.0 Å². The zero-order valence-corrected chi connectivity index (χ0v) is 28.6. The van der Waals surface area contributed by atoms with Gasteiger partial charge in [-0.05, 0) is 79.4 Å². The monoisotopic (exact) mass is 691 g/mol. The summed E-state index contributed by atoms with van der Waals surface area (Å²) in [5, 5.41) is 4.19. The summed E-state index contributed by atoms with van der Waals surface area (Å²) in [4.78, 5) is 30.3. The fourth-order valence-corrected chi connectivity index (χ4v) is 7.52. The van der Waals surface area contributed by atoms with Crippen molar-refractivity contribution in [2.45, 2.75) is 69.0 Å². The number of amides is 2. The number of anilines is 1. The summed E-state index contributed by atoms with van der Waals surface area (Å²) >= 11 is 12.3. The standard InChI is InChI=1S/C37H39Cl2N3O4S/c1-27-12-22-34(23-13-27)47(45,46)42(33-20-18-31(39)19-21-33)26-36(43)41(25-29-14-16-30(38)17-15-29)35(24-28-8-4-2-5-9-28)37(44)40-32-10-6-3-7-11-32/h2,4-5,8-9,12-23,32,35H,3,6-7,10-11,24-26H2,1H3,(H,40,44)/t35-/m1/s1. The molecule has 10 heteroatoms. The highest BCUT2D eigenvalue weighted by molar-refractivity contribution is 7.92. The molecular weight excluding hydrogens is 653 g/mol. The fraction of sp³-hybridized carbons (Fsp3) is 0.297. The van der Waals surface area contributed by atoms with Crippen molar-refractivity contribution in [2.75, 3.05) is 10.8 Å². The van der Waals surface area contributed by atoms with Crippen molar-refractivity contribution < 1.29 is 18.0 Å². The van der Waals surface area contributed by atoms with Gasteiger partial charge in [-0.2, -0.15) is 0 Å². The van der Waals surface area contributed by atoms with Crippen molar-refractivity contribution in [1.82, 2.24) is 10.2 Å². The Morgan fingerprint density at radius 1 is 0.787 bits per heavy atom. The van der Waals surface area contributed by atoms with Crippen molar-refractivity contribution in [2.24, 2.45) is 0 Å². The van der Waals surface area contributed by atoms with Crippen molar-refractivity contribution in [3.05, 3.63) is 130 Å². The lowest BCUT2D eigenvalue weighted by molar-refractivity contribution is -0.140. The highest BCUT2D eigenvalue weighted by Gasteiger charge is 2.35. The van der Waals surface area contributed by atoms with Crippen molar-refractivity contribution >= 4 is 50.7 Å². The number of nitrogens with one attached hydrogen (secondary N) is 1. The summed E-state index contributed by atoms with van der Waals surface area (Å²) in [6.45, 7) is 1.41. The lowest BCUT2D eigenvalue weighted by Crippen LogP contribution is -2.55. The number of benzene rings is 4. The third kappa shape index (κ3) is 9.15. The molecular formula is C37H39Cl2N3O4S. The number of hydrogen-bond donors (Lipinski definition) is 1. The molecule has 7 nitrogen and oxygen atoms in total. The van der Waals surface area contributed by atoms with Gasteiger partial charge in [-0.15, -0.1) is 0 Å². The van der Waals surface area contributed by atoms with Crippen LogP contribution in [0.15, 0.2) is 108 Å². The first kappa shape index (κ1) is 34.5. The van der Waals surface area contributed by atoms with Gasteiger partial charge in [-0.3, -0.25) is 13.9 Å². The molecule has 1 fully saturated rings. The minimum Gasteiger partial charge on any atom is -0.352 e. The first-order valence-corrected chi connectivity index (χ1v) is 18.0. The second kappa shape index (κ2) is 15.8. The van der Waals surface area contributed by atoms with Gasteiger partial charge in [0.1, 0.15) is 12.6 Å². The van der Waals surface area contributed by atoms with E-state index in [2.05, 4.69) is 5.32 Å². The number of sulfonamides is 1. The molecule has 1 N–H and O–H groups in total. The summed E-state index contributed by atoms with van der Waals surface area (Å²) < 4.78 is 29.4. The van der Waals surface area contributed by atoms with E-state index in [1.54, 1.807) is 60.7 Å². The number of aryl methyl sites for hydroxylation is 1. The van der Waals surface area contributed by atoms with Crippen LogP contribution in [-0.4, -0.2) is 43.8 Å². The molecule has 0 radical (unpaired) electrons. The lowest BCUT2D eigenvalue weighted by Gasteiger charge is -2.35. The Labute approximate surface area is 287 Å². The lowest BCUT2D eigenvalue weighted by atomic mass is 9.94. The Kier molecular flexibility index (Phi) is 11.6. The summed E-state index contributed by atoms with van der Waals surface area (Å²) in [5.74, 6) is -0.784. The van der Waals surface area contributed by atoms with Crippen LogP contribution in [-0.2, 0) is 32.6 Å². The number of carbonyl (C=O) groups excluding carboxylic acids is 2. The van der Waals surface area contributed by atoms with Gasteiger partial charge >= 0.3 is 0 Å². The summed E-state index contributed by atoms with van der Waals surface area (Å²) in [6, 6.07) is 28.5. The molecule has 0 bridgehead atoms. The van der Waals surface area contributed by atoms with Gasteiger partial charge in [0, 0.05) is 29.1 Å². The molecule has 1 saturated carbocycles. The van der Waals surface area contributed by atoms with Crippen molar-refractivity contribution in [3.63, 3.8) is 0 Å². The van der Waals surface area contributed by atoms with Gasteiger partial charge in [0.05, 0.1) is 10.6 Å². The molecule has 0 unspecified atom stereocenters. The van der Waals surface area contributed by atoms with Gasteiger partial charge in [0.2, 0.25) is 11.8 Å². The predicted octanol–water partition coefficient (Wildman–Crippen LogP) is 7.59. The molecule has 0 spiro atoms. The fourth-order valence-electron chi connectivity index (χ4n) is 5.86. The van der Waals surface area contributed by atoms with E-state index in [9.17, 15) is 18.0 Å². The number of hydrogen-bond acceptors (Lipinski definition) is 4. The topological polar surface area (TPSA) is 86.8 Å². The molecule has 5 rings (SSSR count). The molecule has 1 atom stereocenters. The third-order valence-corrected chi connectivity index (χ3v) is 10.8. The molecule has 0 aliphatic heterocycles. The third-order valence-electron chi connectivity index (χ3n) is 8.49. The van der Waals surface area contributed by atoms with E-state index in [0.717, 1.165) is 53.1 Å². The average Bonchev–Trinajstić information content (AvgIpc) is 3.07. The SMILES string of the molecule is Cc1ccc(S(=O)(=O)N(CC(=O)N(Cc2ccc(Cl)cc2)[C@H](Cc2ccccc2)C(=O)NC2CCCCC2)c2ccc(Cl)cc2)cc1. The zero-order valence-electron chi connectivity index (χ0n) is 26.3. The number of halogens is 2. The molecule has 4 aromatic carbocycles. The maximum Gasteiger partial charge on any atom is 0.264 e. The van der Waals surface area contributed by atoms with E-state index < -0.39 is 28.5 Å². The van der Waals surface area contributed by atoms with E-state index in [0.29, 0.717) is 10.0 Å². The smallest absolute Gasteiger partial charge is 0.264 e. The summed E-state index contributed by atoms with van der Waals surface area (Å²) in [6.07, 6.45) is 5.23. The highest BCUT2D eigenvalue weighted by atomic mass is 35.5. The maximum atomic E-state index is 14.6. The summed E-state index contributed by atoms with van der Waals surface area (Å²) in [7, 11) is -4.19. The zero-order chi connectivity index (χ0) is 33.4. The molecule has 47 heavy (non-hydrogen) atoms. The van der Waals surface area contributed by atoms with Gasteiger partial charge in [0.25, 0.3) is 10.0 Å². The molecule has 0 heterocycles. The van der Waals surface area contributed by atoms with Crippen LogP contribution in [0.5, 0.6) is 0 Å². The molecule has 4 aromatic rings. The molecule has 1 aliphatic carbocycles. The van der Waals surface area contributed by atoms with Crippen LogP contribution in [0.25, 0.3) is 0 Å². The Balaban J connectivity index is 1.55. The molecule has 0 saturated heterocycles. The van der Waals surface area contributed by atoms with Crippen molar-refractivity contribution in [1.29, 1.82) is 0 Å². The van der Waals surface area contributed by atoms with Crippen LogP contribution in [0.4, 0.5) is 5.69 Å². The summed E-state index contributed by atoms with van der Waals surface area (Å²) in [5.41, 5.74) is 2.82. The van der Waals surface area contributed by atoms with Crippen LogP contribution in [0, 0.1) is 6.92 Å². The molecule has 0 aromatic heterocycles. The van der Waals surface area contributed by atoms with E-state index in [-0.39, 0.29) is 35.5 Å². The Morgan fingerprint density at radius 2 is 1.38 bits per heavy atom. The Morgan fingerprint density at radius 3 is 2.00 bits per heavy atom. The first-order chi connectivity index (χ1) is 22.6. The normalized spacial score (nSPS) is 14.3. The van der Waals surface area contributed by atoms with Crippen LogP contribution in [0.1, 0.15) is 48.8 Å². The van der Waals surface area contributed by atoms with E-state index >= 15 is 0 Å². The minimum absolute atomic E-state index is 0.0227. The van der Waals surface area contributed by atoms with Crippen LogP contribution in [0.2, 0.25) is 10.0 Å². The van der Waals surface area contributed by atoms with Crippen LogP contribution >= 0.6 is 23.2 Å². The number of nitrogens with zero attached hydrogens (tertiary/aromatic N) is 2. The Bertz CT molecular complexity index is 1740. The minimum atomic E-state index is -4.19. The van der Waals surface area contributed by atoms with Gasteiger partial charge in [0.15, 0.2) is 0 Å². The molecule has 246 valence electrons. The molecule has 2 amide bonds. The van der Waals surface area contributed by atoms with E-state index in [1.807, 2.05) is 37.3 Å². The number of rotatable bonds is 12. The van der Waals surface area contributed by atoms with Gasteiger partial charge < -0.3 is 10.2 Å². The van der Waals surface area contributed by atoms with Crippen molar-refractivity contribution in [3.8, 4) is 0 Å². The predicted molar refractivity (Wildman–Crippen MR) is 188 cm³/mol. The second-order valence-corrected chi connectivity index (χ2v) is 14.7. The average molecular weight is 693 g/mol. The van der Waals surface area contributed by atoms with Crippen LogP contribution in [0.3, 0.4) is 0 Å².